The minimum Gasteiger partial charge on any atom is -0.594 e. The van der Waals surface area contributed by atoms with Crippen LogP contribution in [0.3, 0.4) is 0 Å². The standard InChI is InChI=1S/C14H14N4O4/c1-3-21-9-5-6-11-12(7-9)17-13(16-18(11)20)10(8-15-17)14(19)22-4-2/h5-8H,3-4H2,1-2H3. The summed E-state index contributed by atoms with van der Waals surface area (Å²) in [6, 6.07) is 4.97. The van der Waals surface area contributed by atoms with Gasteiger partial charge in [-0.05, 0) is 24.8 Å². The molecule has 0 aliphatic heterocycles. The number of nitrogens with zero attached hydrogens (tertiary/aromatic N) is 4. The first-order chi connectivity index (χ1) is 10.7. The Morgan fingerprint density at radius 3 is 2.91 bits per heavy atom. The first-order valence-electron chi connectivity index (χ1n) is 6.87. The Hall–Kier alpha value is -2.90. The molecule has 0 N–H and O–H groups in total. The molecule has 22 heavy (non-hydrogen) atoms. The van der Waals surface area contributed by atoms with E-state index in [0.29, 0.717) is 28.2 Å². The average molecular weight is 302 g/mol. The van der Waals surface area contributed by atoms with Crippen molar-refractivity contribution in [1.82, 2.24) is 14.7 Å². The molecule has 0 unspecified atom stereocenters. The first kappa shape index (κ1) is 14.1. The summed E-state index contributed by atoms with van der Waals surface area (Å²) >= 11 is 0. The van der Waals surface area contributed by atoms with E-state index in [1.165, 1.54) is 10.7 Å². The molecule has 0 aliphatic carbocycles. The topological polar surface area (TPSA) is 92.7 Å². The molecular formula is C14H14N4O4. The summed E-state index contributed by atoms with van der Waals surface area (Å²) in [6.07, 6.45) is 1.34. The number of hydrogen-bond donors (Lipinski definition) is 0. The molecule has 0 saturated heterocycles. The molecule has 0 radical (unpaired) electrons. The maximum Gasteiger partial charge on any atom is 0.343 e. The number of fused-ring (bicyclic) bond motifs is 3. The van der Waals surface area contributed by atoms with Crippen molar-refractivity contribution in [3.8, 4) is 5.75 Å². The molecule has 0 aliphatic rings. The van der Waals surface area contributed by atoms with Gasteiger partial charge in [0.15, 0.2) is 0 Å². The van der Waals surface area contributed by atoms with Crippen LogP contribution in [0, 0.1) is 5.21 Å². The van der Waals surface area contributed by atoms with Gasteiger partial charge in [0.25, 0.3) is 5.52 Å². The molecule has 8 heteroatoms. The van der Waals surface area contributed by atoms with E-state index in [2.05, 4.69) is 10.2 Å². The van der Waals surface area contributed by atoms with Crippen molar-refractivity contribution in [2.45, 2.75) is 13.8 Å². The van der Waals surface area contributed by atoms with Crippen LogP contribution in [-0.2, 0) is 4.74 Å². The summed E-state index contributed by atoms with van der Waals surface area (Å²) < 4.78 is 11.8. The van der Waals surface area contributed by atoms with Crippen molar-refractivity contribution in [3.63, 3.8) is 0 Å². The molecule has 3 aromatic rings. The normalized spacial score (nSPS) is 11.0. The predicted molar refractivity (Wildman–Crippen MR) is 76.6 cm³/mol. The third kappa shape index (κ3) is 2.18. The van der Waals surface area contributed by atoms with Crippen molar-refractivity contribution in [2.24, 2.45) is 0 Å². The highest BCUT2D eigenvalue weighted by Crippen LogP contribution is 2.20. The highest BCUT2D eigenvalue weighted by Gasteiger charge is 2.21. The van der Waals surface area contributed by atoms with Crippen molar-refractivity contribution in [3.05, 3.63) is 35.2 Å². The second-order valence-electron chi connectivity index (χ2n) is 4.47. The summed E-state index contributed by atoms with van der Waals surface area (Å²) in [5, 5.41) is 20.1. The molecule has 0 spiro atoms. The van der Waals surface area contributed by atoms with Crippen molar-refractivity contribution >= 4 is 22.6 Å². The lowest BCUT2D eigenvalue weighted by atomic mass is 10.3. The Morgan fingerprint density at radius 2 is 2.18 bits per heavy atom. The van der Waals surface area contributed by atoms with Gasteiger partial charge in [0, 0.05) is 17.2 Å². The number of esters is 1. The quantitative estimate of drug-likeness (QED) is 0.407. The molecule has 0 fully saturated rings. The third-order valence-corrected chi connectivity index (χ3v) is 3.12. The third-order valence-electron chi connectivity index (χ3n) is 3.12. The SMILES string of the molecule is CCOC(=O)c1cnn2c1n[n+]([O-])c1ccc(OCC)cc12. The predicted octanol–water partition coefficient (Wildman–Crippen LogP) is 1.09. The van der Waals surface area contributed by atoms with Crippen LogP contribution in [0.25, 0.3) is 16.7 Å². The number of hydrogen-bond acceptors (Lipinski definition) is 6. The first-order valence-corrected chi connectivity index (χ1v) is 6.87. The van der Waals surface area contributed by atoms with Gasteiger partial charge in [-0.25, -0.2) is 9.31 Å². The summed E-state index contributed by atoms with van der Waals surface area (Å²) in [6.45, 7) is 4.31. The smallest absolute Gasteiger partial charge is 0.343 e. The molecule has 0 atom stereocenters. The van der Waals surface area contributed by atoms with Gasteiger partial charge < -0.3 is 14.7 Å². The van der Waals surface area contributed by atoms with Gasteiger partial charge in [0.2, 0.25) is 5.65 Å². The van der Waals surface area contributed by atoms with Crippen LogP contribution in [-0.4, -0.2) is 33.9 Å². The molecule has 2 aromatic heterocycles. The summed E-state index contributed by atoms with van der Waals surface area (Å²) in [5.74, 6) is 0.0426. The number of aromatic nitrogens is 4. The maximum absolute atomic E-state index is 12.1. The summed E-state index contributed by atoms with van der Waals surface area (Å²) in [5.41, 5.74) is 1.13. The fourth-order valence-electron chi connectivity index (χ4n) is 2.20. The van der Waals surface area contributed by atoms with Gasteiger partial charge in [-0.15, -0.1) is 0 Å². The van der Waals surface area contributed by atoms with Crippen LogP contribution in [0.2, 0.25) is 0 Å². The molecule has 0 bridgehead atoms. The lowest BCUT2D eigenvalue weighted by Crippen LogP contribution is -2.33. The lowest BCUT2D eigenvalue weighted by Gasteiger charge is -2.05. The minimum atomic E-state index is -0.565. The fourth-order valence-corrected chi connectivity index (χ4v) is 2.20. The Morgan fingerprint density at radius 1 is 1.36 bits per heavy atom. The monoisotopic (exact) mass is 302 g/mol. The highest BCUT2D eigenvalue weighted by atomic mass is 16.5. The molecule has 8 nitrogen and oxygen atoms in total. The number of carbonyl (C=O) groups excluding carboxylic acids is 1. The van der Waals surface area contributed by atoms with Crippen LogP contribution >= 0.6 is 0 Å². The van der Waals surface area contributed by atoms with Gasteiger partial charge >= 0.3 is 5.97 Å². The van der Waals surface area contributed by atoms with Crippen molar-refractivity contribution in [2.75, 3.05) is 13.2 Å². The largest absolute Gasteiger partial charge is 0.594 e. The van der Waals surface area contributed by atoms with E-state index in [4.69, 9.17) is 9.47 Å². The van der Waals surface area contributed by atoms with E-state index in [0.717, 1.165) is 0 Å². The molecule has 3 rings (SSSR count). The minimum absolute atomic E-state index is 0.148. The highest BCUT2D eigenvalue weighted by molar-refractivity contribution is 5.96. The number of carbonyl (C=O) groups is 1. The number of ether oxygens (including phenoxy) is 2. The Kier molecular flexibility index (Phi) is 3.50. The lowest BCUT2D eigenvalue weighted by molar-refractivity contribution is -0.640. The van der Waals surface area contributed by atoms with E-state index >= 15 is 0 Å². The van der Waals surface area contributed by atoms with E-state index in [9.17, 15) is 10.0 Å². The molecule has 2 heterocycles. The molecular weight excluding hydrogens is 288 g/mol. The summed E-state index contributed by atoms with van der Waals surface area (Å²) in [7, 11) is 0. The van der Waals surface area contributed by atoms with E-state index in [-0.39, 0.29) is 17.8 Å². The van der Waals surface area contributed by atoms with Gasteiger partial charge in [-0.3, -0.25) is 0 Å². The second kappa shape index (κ2) is 5.47. The van der Waals surface area contributed by atoms with Gasteiger partial charge in [-0.1, -0.05) is 0 Å². The van der Waals surface area contributed by atoms with Crippen LogP contribution in [0.5, 0.6) is 5.75 Å². The van der Waals surface area contributed by atoms with Gasteiger partial charge in [-0.2, -0.15) is 5.10 Å². The Bertz CT molecular complexity index is 859. The van der Waals surface area contributed by atoms with Crippen molar-refractivity contribution < 1.29 is 19.1 Å². The zero-order chi connectivity index (χ0) is 15.7. The molecule has 0 amide bonds. The van der Waals surface area contributed by atoms with Crippen molar-refractivity contribution in [1.29, 1.82) is 0 Å². The van der Waals surface area contributed by atoms with Crippen LogP contribution in [0.1, 0.15) is 24.2 Å². The van der Waals surface area contributed by atoms with Crippen LogP contribution in [0.15, 0.2) is 24.4 Å². The maximum atomic E-state index is 12.1. The Labute approximate surface area is 125 Å². The second-order valence-corrected chi connectivity index (χ2v) is 4.47. The average Bonchev–Trinajstić information content (AvgIpc) is 2.92. The number of rotatable bonds is 4. The zero-order valence-electron chi connectivity index (χ0n) is 12.1. The van der Waals surface area contributed by atoms with E-state index in [1.807, 2.05) is 6.92 Å². The van der Waals surface area contributed by atoms with Crippen LogP contribution in [0.4, 0.5) is 0 Å². The zero-order valence-corrected chi connectivity index (χ0v) is 12.1. The fraction of sp³-hybridized carbons (Fsp3) is 0.286. The van der Waals surface area contributed by atoms with Gasteiger partial charge in [0.1, 0.15) is 16.8 Å². The number of benzene rings is 1. The van der Waals surface area contributed by atoms with Crippen LogP contribution < -0.4 is 9.58 Å². The summed E-state index contributed by atoms with van der Waals surface area (Å²) in [4.78, 5) is 12.3. The van der Waals surface area contributed by atoms with E-state index in [1.54, 1.807) is 25.1 Å². The molecule has 1 aromatic carbocycles. The molecule has 0 saturated carbocycles. The Balaban J connectivity index is 2.26. The van der Waals surface area contributed by atoms with Gasteiger partial charge in [0.05, 0.1) is 19.4 Å². The molecule has 114 valence electrons. The van der Waals surface area contributed by atoms with E-state index < -0.39 is 5.97 Å².